The Hall–Kier alpha value is -8.50. The molecule has 11 aliphatic rings. The molecule has 0 amide bonds. The van der Waals surface area contributed by atoms with Crippen LogP contribution in [0.4, 0.5) is 0 Å². The summed E-state index contributed by atoms with van der Waals surface area (Å²) >= 11 is 0. The molecule has 8 aromatic carbocycles. The van der Waals surface area contributed by atoms with Gasteiger partial charge in [-0.05, 0) is 97.1 Å². The van der Waals surface area contributed by atoms with Crippen molar-refractivity contribution < 1.29 is 28.4 Å². The molecule has 318 valence electrons. The monoisotopic (exact) mass is 862 g/mol. The van der Waals surface area contributed by atoms with E-state index in [-0.39, 0.29) is 13.2 Å². The third kappa shape index (κ3) is 7.18. The van der Waals surface area contributed by atoms with Crippen LogP contribution in [0.1, 0.15) is 43.0 Å². The fourth-order valence-corrected chi connectivity index (χ4v) is 9.41. The van der Waals surface area contributed by atoms with Crippen molar-refractivity contribution in [2.24, 2.45) is 0 Å². The zero-order valence-corrected chi connectivity index (χ0v) is 35.9. The third-order valence-electron chi connectivity index (χ3n) is 12.8. The van der Waals surface area contributed by atoms with Crippen LogP contribution in [0.5, 0.6) is 0 Å². The number of benzene rings is 8. The number of hydrogen-bond donors (Lipinski definition) is 0. The summed E-state index contributed by atoms with van der Waals surface area (Å²) in [5.41, 5.74) is 16.3. The van der Waals surface area contributed by atoms with E-state index in [1.165, 1.54) is 0 Å². The van der Waals surface area contributed by atoms with Gasteiger partial charge < -0.3 is 9.47 Å². The highest BCUT2D eigenvalue weighted by Gasteiger charge is 2.28. The Kier molecular flexibility index (Phi) is 9.63. The van der Waals surface area contributed by atoms with Crippen molar-refractivity contribution in [2.75, 3.05) is 13.2 Å². The summed E-state index contributed by atoms with van der Waals surface area (Å²) < 4.78 is 19.7. The molecule has 10 nitrogen and oxygen atoms in total. The fraction of sp³-hybridized carbons (Fsp3) is 0.107. The molecule has 0 spiro atoms. The number of rotatable bonds is 0. The van der Waals surface area contributed by atoms with Gasteiger partial charge in [0.25, 0.3) is 0 Å². The third-order valence-corrected chi connectivity index (χ3v) is 12.8. The average molecular weight is 863 g/mol. The highest BCUT2D eigenvalue weighted by Crippen LogP contribution is 2.35. The van der Waals surface area contributed by atoms with E-state index in [1.54, 1.807) is 6.07 Å². The molecule has 66 heavy (non-hydrogen) atoms. The number of para-hydroxylation sites is 3. The Morgan fingerprint density at radius 1 is 0.409 bits per heavy atom. The van der Waals surface area contributed by atoms with Gasteiger partial charge in [-0.25, -0.2) is 9.59 Å². The first-order chi connectivity index (χ1) is 32.5. The van der Waals surface area contributed by atoms with Crippen molar-refractivity contribution in [3.8, 4) is 44.5 Å². The normalized spacial score (nSPS) is 13.7. The molecular formula is C56H42N6O4+2. The van der Waals surface area contributed by atoms with Crippen LogP contribution >= 0.6 is 0 Å². The quantitative estimate of drug-likeness (QED) is 0.111. The zero-order chi connectivity index (χ0) is 44.1. The van der Waals surface area contributed by atoms with Gasteiger partial charge in [0.15, 0.2) is 16.6 Å². The lowest BCUT2D eigenvalue weighted by Crippen LogP contribution is -2.39. The molecule has 0 saturated heterocycles. The highest BCUT2D eigenvalue weighted by molar-refractivity contribution is 6.04. The van der Waals surface area contributed by atoms with Gasteiger partial charge in [0.2, 0.25) is 5.52 Å². The minimum absolute atomic E-state index is 0.120. The number of hydrogen-bond acceptors (Lipinski definition) is 6. The van der Waals surface area contributed by atoms with Gasteiger partial charge in [-0.15, -0.1) is 18.7 Å². The smallest absolute Gasteiger partial charge is 0.342 e. The van der Waals surface area contributed by atoms with Crippen LogP contribution in [-0.4, -0.2) is 44.9 Å². The summed E-state index contributed by atoms with van der Waals surface area (Å²) in [6.07, 6.45) is 0. The Morgan fingerprint density at radius 2 is 0.879 bits per heavy atom. The molecule has 13 heterocycles. The molecule has 2 aromatic heterocycles. The first-order valence-electron chi connectivity index (χ1n) is 22.2. The van der Waals surface area contributed by atoms with E-state index in [1.807, 2.05) is 74.7 Å². The van der Waals surface area contributed by atoms with Crippen LogP contribution in [0.15, 0.2) is 182 Å². The largest absolute Gasteiger partial charge is 0.458 e. The van der Waals surface area contributed by atoms with Crippen LogP contribution < -0.4 is 9.36 Å². The molecule has 0 unspecified atom stereocenters. The predicted molar refractivity (Wildman–Crippen MR) is 251 cm³/mol. The number of nitrogens with zero attached hydrogens (tertiary/aromatic N) is 6. The van der Waals surface area contributed by atoms with Gasteiger partial charge in [-0.1, -0.05) is 152 Å². The minimum atomic E-state index is -0.520. The molecule has 20 bridgehead atoms. The van der Waals surface area contributed by atoms with Crippen molar-refractivity contribution in [1.82, 2.24) is 19.8 Å². The first kappa shape index (κ1) is 39.1. The van der Waals surface area contributed by atoms with Crippen molar-refractivity contribution in [1.29, 1.82) is 0 Å². The van der Waals surface area contributed by atoms with E-state index >= 15 is 0 Å². The summed E-state index contributed by atoms with van der Waals surface area (Å²) in [5.74, 6) is -1.02. The molecular weight excluding hydrogens is 821 g/mol. The Bertz CT molecular complexity index is 3500. The van der Waals surface area contributed by atoms with E-state index in [4.69, 9.17) is 19.9 Å². The number of carbonyl (C=O) groups is 2. The van der Waals surface area contributed by atoms with Gasteiger partial charge in [0.05, 0.1) is 16.0 Å². The number of aromatic nitrogens is 6. The number of ether oxygens (including phenoxy) is 2. The molecule has 0 radical (unpaired) electrons. The summed E-state index contributed by atoms with van der Waals surface area (Å²) in [4.78, 5) is 28.2. The molecule has 10 aromatic rings. The first-order valence-corrected chi connectivity index (χ1v) is 22.2. The van der Waals surface area contributed by atoms with E-state index < -0.39 is 11.9 Å². The molecule has 21 rings (SSSR count). The molecule has 0 fully saturated rings. The SMILES string of the molecule is O=C1OCCOC(=O)c2cccc3c2[n+]2nn3Cc3ccc(cc3)-c3cccc(c31)-c1ccc(cc1)Cn1n[n+](c3ccccc31)Cc1ccc(cc1)-c1cccc(c1)-c1ccc(cc1)C2. The second-order valence-electron chi connectivity index (χ2n) is 16.9. The lowest BCUT2D eigenvalue weighted by Gasteiger charge is -2.16. The van der Waals surface area contributed by atoms with E-state index in [0.29, 0.717) is 42.8 Å². The highest BCUT2D eigenvalue weighted by atomic mass is 16.6. The molecule has 10 heteroatoms. The molecule has 0 atom stereocenters. The number of carbonyl (C=O) groups excluding carboxylic acids is 2. The van der Waals surface area contributed by atoms with E-state index in [0.717, 1.165) is 83.3 Å². The second kappa shape index (κ2) is 16.2. The van der Waals surface area contributed by atoms with E-state index in [9.17, 15) is 9.59 Å². The maximum absolute atomic E-state index is 14.3. The van der Waals surface area contributed by atoms with Gasteiger partial charge >= 0.3 is 11.9 Å². The van der Waals surface area contributed by atoms with Gasteiger partial charge in [0, 0.05) is 0 Å². The van der Waals surface area contributed by atoms with Gasteiger partial charge in [-0.3, -0.25) is 0 Å². The maximum atomic E-state index is 14.3. The zero-order valence-electron chi connectivity index (χ0n) is 35.9. The standard InChI is InChI=1S/C56H42N6O4/c63-55-49-10-5-13-52-54(49)62-36-40-16-24-42(25-17-40)46-7-3-6-45(32-46)41-22-14-37(15-23-41)33-59-50-11-1-2-12-51(50)60(57-59)34-38-18-26-43(27-19-38)47-8-4-9-48(53(47)56(64)66-31-30-65-55)44-28-20-39(21-29-44)35-61(52)58-62/h1-29,32H,30-31,33-36H2/q+2. The van der Waals surface area contributed by atoms with Crippen LogP contribution in [0.3, 0.4) is 0 Å². The van der Waals surface area contributed by atoms with Crippen LogP contribution in [-0.2, 0) is 35.7 Å². The summed E-state index contributed by atoms with van der Waals surface area (Å²) in [7, 11) is 0. The number of esters is 2. The molecule has 11 aliphatic heterocycles. The van der Waals surface area contributed by atoms with Crippen molar-refractivity contribution in [3.63, 3.8) is 0 Å². The maximum Gasteiger partial charge on any atom is 0.342 e. The fourth-order valence-electron chi connectivity index (χ4n) is 9.41. The predicted octanol–water partition coefficient (Wildman–Crippen LogP) is 9.46. The van der Waals surface area contributed by atoms with Crippen LogP contribution in [0.2, 0.25) is 0 Å². The molecule has 0 aliphatic carbocycles. The lowest BCUT2D eigenvalue weighted by atomic mass is 9.91. The number of fused-ring (bicyclic) bond motifs is 1. The second-order valence-corrected chi connectivity index (χ2v) is 16.9. The lowest BCUT2D eigenvalue weighted by molar-refractivity contribution is -0.724. The Labute approximate surface area is 380 Å². The van der Waals surface area contributed by atoms with Gasteiger partial charge in [-0.2, -0.15) is 0 Å². The Morgan fingerprint density at radius 3 is 1.52 bits per heavy atom. The summed E-state index contributed by atoms with van der Waals surface area (Å²) in [6, 6.07) is 62.1. The molecule has 0 N–H and O–H groups in total. The van der Waals surface area contributed by atoms with Crippen LogP contribution in [0.25, 0.3) is 66.6 Å². The van der Waals surface area contributed by atoms with Crippen LogP contribution in [0, 0.1) is 0 Å². The Balaban J connectivity index is 0.998. The van der Waals surface area contributed by atoms with Crippen molar-refractivity contribution >= 4 is 34.0 Å². The molecule has 0 saturated carbocycles. The average Bonchev–Trinajstić information content (AvgIpc) is 3.89. The van der Waals surface area contributed by atoms with Crippen molar-refractivity contribution in [3.05, 3.63) is 215 Å². The topological polar surface area (TPSA) is 96.0 Å². The summed E-state index contributed by atoms with van der Waals surface area (Å²) in [5, 5.41) is 10.2. The summed E-state index contributed by atoms with van der Waals surface area (Å²) in [6.45, 7) is 1.81. The van der Waals surface area contributed by atoms with E-state index in [2.05, 4.69) is 120 Å². The van der Waals surface area contributed by atoms with Crippen molar-refractivity contribution in [2.45, 2.75) is 26.2 Å². The minimum Gasteiger partial charge on any atom is -0.458 e. The van der Waals surface area contributed by atoms with Gasteiger partial charge in [0.1, 0.15) is 45.0 Å².